The molecule has 3 heterocycles. The fraction of sp³-hybridized carbons (Fsp3) is 0.368. The molecule has 1 aromatic heterocycles. The number of pyridine rings is 1. The van der Waals surface area contributed by atoms with E-state index in [1.807, 2.05) is 52.8 Å². The molecule has 0 radical (unpaired) electrons. The zero-order valence-corrected chi connectivity index (χ0v) is 26.7. The number of rotatable bonds is 7. The molecular weight excluding hydrogens is 567 g/mol. The fourth-order valence-electron chi connectivity index (χ4n) is 6.74. The van der Waals surface area contributed by atoms with Crippen LogP contribution in [0.15, 0.2) is 60.7 Å². The third-order valence-electron chi connectivity index (χ3n) is 8.64. The molecular formula is C38H41FN2O4. The maximum absolute atomic E-state index is 13.8. The van der Waals surface area contributed by atoms with Crippen molar-refractivity contribution in [2.45, 2.75) is 78.7 Å². The normalized spacial score (nSPS) is 15.6. The minimum absolute atomic E-state index is 0.212. The number of hydrogen-bond acceptors (Lipinski definition) is 5. The molecule has 0 amide bonds. The molecule has 0 saturated heterocycles. The molecule has 0 fully saturated rings. The van der Waals surface area contributed by atoms with Crippen LogP contribution < -0.4 is 4.74 Å². The smallest absolute Gasteiger partial charge is 0.337 e. The number of ether oxygens (including phenoxy) is 2. The molecule has 0 unspecified atom stereocenters. The number of carboxylic acid groups (broad SMARTS) is 1. The number of carboxylic acids is 1. The average molecular weight is 609 g/mol. The van der Waals surface area contributed by atoms with Crippen LogP contribution in [0.2, 0.25) is 0 Å². The number of carbonyl (C=O) groups is 1. The van der Waals surface area contributed by atoms with E-state index in [0.29, 0.717) is 24.4 Å². The van der Waals surface area contributed by atoms with Crippen LogP contribution >= 0.6 is 0 Å². The highest BCUT2D eigenvalue weighted by molar-refractivity contribution is 5.91. The van der Waals surface area contributed by atoms with E-state index in [9.17, 15) is 14.3 Å². The van der Waals surface area contributed by atoms with Crippen LogP contribution in [0.5, 0.6) is 5.75 Å². The van der Waals surface area contributed by atoms with E-state index >= 15 is 0 Å². The fourth-order valence-corrected chi connectivity index (χ4v) is 6.74. The SMILES string of the molecule is Cc1nc(C)c([C@H](OC(C)(C)C)C(=O)O)c(-c2ccc3c(c2)CCCO3)c1-c1ccc2c(c1)CCN(Cc1cccc(F)c1)C2. The van der Waals surface area contributed by atoms with Gasteiger partial charge in [-0.15, -0.1) is 0 Å². The molecule has 6 nitrogen and oxygen atoms in total. The quantitative estimate of drug-likeness (QED) is 0.229. The van der Waals surface area contributed by atoms with Crippen molar-refractivity contribution >= 4 is 5.97 Å². The van der Waals surface area contributed by atoms with Crippen LogP contribution in [0.3, 0.4) is 0 Å². The molecule has 0 bridgehead atoms. The van der Waals surface area contributed by atoms with Gasteiger partial charge in [0.15, 0.2) is 6.10 Å². The van der Waals surface area contributed by atoms with Gasteiger partial charge < -0.3 is 14.6 Å². The Labute approximate surface area is 264 Å². The Morgan fingerprint density at radius 2 is 1.73 bits per heavy atom. The van der Waals surface area contributed by atoms with Crippen LogP contribution in [0, 0.1) is 19.7 Å². The summed E-state index contributed by atoms with van der Waals surface area (Å²) in [6.45, 7) is 12.5. The first-order chi connectivity index (χ1) is 21.5. The van der Waals surface area contributed by atoms with Crippen LogP contribution in [0.1, 0.15) is 72.5 Å². The number of fused-ring (bicyclic) bond motifs is 2. The van der Waals surface area contributed by atoms with Crippen LogP contribution in [-0.4, -0.2) is 39.7 Å². The predicted molar refractivity (Wildman–Crippen MR) is 174 cm³/mol. The van der Waals surface area contributed by atoms with Crippen LogP contribution in [-0.2, 0) is 35.5 Å². The van der Waals surface area contributed by atoms with E-state index in [4.69, 9.17) is 14.5 Å². The summed E-state index contributed by atoms with van der Waals surface area (Å²) in [6.07, 6.45) is 1.51. The lowest BCUT2D eigenvalue weighted by atomic mass is 9.84. The lowest BCUT2D eigenvalue weighted by molar-refractivity contribution is -0.160. The number of benzene rings is 3. The van der Waals surface area contributed by atoms with Gasteiger partial charge in [0.2, 0.25) is 0 Å². The molecule has 2 aliphatic rings. The molecule has 7 heteroatoms. The van der Waals surface area contributed by atoms with Gasteiger partial charge in [0.1, 0.15) is 11.6 Å². The van der Waals surface area contributed by atoms with Crippen LogP contribution in [0.25, 0.3) is 22.3 Å². The lowest BCUT2D eigenvalue weighted by Gasteiger charge is -2.31. The average Bonchev–Trinajstić information content (AvgIpc) is 2.99. The second-order valence-corrected chi connectivity index (χ2v) is 13.2. The van der Waals surface area contributed by atoms with E-state index in [-0.39, 0.29) is 5.82 Å². The van der Waals surface area contributed by atoms with E-state index in [2.05, 4.69) is 29.2 Å². The molecule has 4 aromatic rings. The maximum Gasteiger partial charge on any atom is 0.337 e. The van der Waals surface area contributed by atoms with E-state index in [0.717, 1.165) is 77.2 Å². The van der Waals surface area contributed by atoms with E-state index < -0.39 is 17.7 Å². The summed E-state index contributed by atoms with van der Waals surface area (Å²) in [4.78, 5) is 20.1. The van der Waals surface area contributed by atoms with Crippen molar-refractivity contribution in [3.63, 3.8) is 0 Å². The summed E-state index contributed by atoms with van der Waals surface area (Å²) in [7, 11) is 0. The van der Waals surface area contributed by atoms with Gasteiger partial charge in [-0.1, -0.05) is 36.4 Å². The zero-order valence-electron chi connectivity index (χ0n) is 26.7. The number of aliphatic carboxylic acids is 1. The number of halogens is 1. The zero-order chi connectivity index (χ0) is 31.9. The van der Waals surface area contributed by atoms with Crippen molar-refractivity contribution in [2.75, 3.05) is 13.2 Å². The minimum atomic E-state index is -1.20. The molecule has 3 aromatic carbocycles. The van der Waals surface area contributed by atoms with Gasteiger partial charge in [-0.3, -0.25) is 9.88 Å². The molecule has 0 saturated carbocycles. The minimum Gasteiger partial charge on any atom is -0.493 e. The highest BCUT2D eigenvalue weighted by Gasteiger charge is 2.34. The van der Waals surface area contributed by atoms with Crippen molar-refractivity contribution < 1.29 is 23.8 Å². The van der Waals surface area contributed by atoms with Crippen LogP contribution in [0.4, 0.5) is 4.39 Å². The van der Waals surface area contributed by atoms with Crippen molar-refractivity contribution in [1.29, 1.82) is 0 Å². The van der Waals surface area contributed by atoms with Crippen molar-refractivity contribution in [3.05, 3.63) is 106 Å². The number of hydrogen-bond donors (Lipinski definition) is 1. The van der Waals surface area contributed by atoms with Gasteiger partial charge >= 0.3 is 5.97 Å². The van der Waals surface area contributed by atoms with Crippen molar-refractivity contribution in [1.82, 2.24) is 9.88 Å². The highest BCUT2D eigenvalue weighted by Crippen LogP contribution is 2.44. The van der Waals surface area contributed by atoms with E-state index in [1.165, 1.54) is 17.2 Å². The number of aromatic nitrogens is 1. The molecule has 234 valence electrons. The van der Waals surface area contributed by atoms with Crippen molar-refractivity contribution in [3.8, 4) is 28.0 Å². The first kappa shape index (κ1) is 30.9. The van der Waals surface area contributed by atoms with Gasteiger partial charge in [-0.05, 0) is 117 Å². The topological polar surface area (TPSA) is 71.9 Å². The first-order valence-electron chi connectivity index (χ1n) is 15.7. The lowest BCUT2D eigenvalue weighted by Crippen LogP contribution is -2.30. The molecule has 1 atom stereocenters. The third-order valence-corrected chi connectivity index (χ3v) is 8.64. The largest absolute Gasteiger partial charge is 0.493 e. The second-order valence-electron chi connectivity index (χ2n) is 13.2. The summed E-state index contributed by atoms with van der Waals surface area (Å²) in [5.74, 6) is -0.375. The predicted octanol–water partition coefficient (Wildman–Crippen LogP) is 8.00. The third kappa shape index (κ3) is 6.65. The second kappa shape index (κ2) is 12.4. The Hall–Kier alpha value is -4.07. The molecule has 0 spiro atoms. The monoisotopic (exact) mass is 608 g/mol. The van der Waals surface area contributed by atoms with Gasteiger partial charge in [-0.25, -0.2) is 9.18 Å². The molecule has 45 heavy (non-hydrogen) atoms. The maximum atomic E-state index is 13.8. The standard InChI is InChI=1S/C38H41FN2O4/c1-23-33(28-11-12-30-22-41(16-15-26(30)19-28)21-25-8-6-10-31(39)18-25)35(29-13-14-32-27(20-29)9-7-17-44-32)34(24(2)40-23)36(37(42)43)45-38(3,4)5/h6,8,10-14,18-20,36H,7,9,15-17,21-22H2,1-5H3,(H,42,43)/t36-/m0/s1. The summed E-state index contributed by atoms with van der Waals surface area (Å²) >= 11 is 0. The highest BCUT2D eigenvalue weighted by atomic mass is 19.1. The Morgan fingerprint density at radius 1 is 0.978 bits per heavy atom. The molecule has 1 N–H and O–H groups in total. The van der Waals surface area contributed by atoms with Crippen molar-refractivity contribution in [2.24, 2.45) is 0 Å². The number of aryl methyl sites for hydroxylation is 3. The molecule has 2 aliphatic heterocycles. The van der Waals surface area contributed by atoms with Gasteiger partial charge in [0, 0.05) is 42.1 Å². The van der Waals surface area contributed by atoms with E-state index in [1.54, 1.807) is 12.1 Å². The van der Waals surface area contributed by atoms with Gasteiger partial charge in [0.05, 0.1) is 12.2 Å². The first-order valence-corrected chi connectivity index (χ1v) is 15.7. The Balaban J connectivity index is 1.47. The Kier molecular flexibility index (Phi) is 8.51. The van der Waals surface area contributed by atoms with Gasteiger partial charge in [0.25, 0.3) is 0 Å². The Morgan fingerprint density at radius 3 is 2.49 bits per heavy atom. The van der Waals surface area contributed by atoms with Gasteiger partial charge in [-0.2, -0.15) is 0 Å². The summed E-state index contributed by atoms with van der Waals surface area (Å²) in [5, 5.41) is 10.5. The summed E-state index contributed by atoms with van der Waals surface area (Å²) in [5.41, 5.74) is 9.65. The molecule has 6 rings (SSSR count). The Bertz CT molecular complexity index is 1760. The molecule has 0 aliphatic carbocycles. The summed E-state index contributed by atoms with van der Waals surface area (Å²) in [6, 6.07) is 19.5. The summed E-state index contributed by atoms with van der Waals surface area (Å²) < 4.78 is 26.0. The number of nitrogens with zero attached hydrogens (tertiary/aromatic N) is 2.